The van der Waals surface area contributed by atoms with Crippen LogP contribution >= 0.6 is 0 Å². The van der Waals surface area contributed by atoms with Crippen molar-refractivity contribution >= 4 is 16.9 Å². The molecule has 128 valence electrons. The molecule has 1 heterocycles. The highest BCUT2D eigenvalue weighted by Gasteiger charge is 2.15. The second-order valence-corrected chi connectivity index (χ2v) is 6.86. The van der Waals surface area contributed by atoms with Crippen LogP contribution in [0.25, 0.3) is 22.4 Å². The van der Waals surface area contributed by atoms with E-state index in [1.54, 1.807) is 0 Å². The van der Waals surface area contributed by atoms with Crippen molar-refractivity contribution in [2.45, 2.75) is 26.2 Å². The van der Waals surface area contributed by atoms with Crippen molar-refractivity contribution in [2.75, 3.05) is 7.11 Å². The van der Waals surface area contributed by atoms with Crippen LogP contribution in [0.5, 0.6) is 0 Å². The van der Waals surface area contributed by atoms with E-state index in [-0.39, 0.29) is 11.3 Å². The smallest absolute Gasteiger partial charge is 0.347 e. The van der Waals surface area contributed by atoms with Gasteiger partial charge in [0, 0.05) is 5.56 Å². The molecule has 0 N–H and O–H groups in total. The lowest BCUT2D eigenvalue weighted by Gasteiger charge is -2.18. The average molecular weight is 337 g/mol. The molecular weight excluding hydrogens is 318 g/mol. The quantitative estimate of drug-likeness (QED) is 0.663. The number of hydrogen-bond acceptors (Lipinski definition) is 5. The molecule has 5 nitrogen and oxygen atoms in total. The van der Waals surface area contributed by atoms with Gasteiger partial charge in [-0.05, 0) is 41.3 Å². The molecule has 0 aliphatic rings. The Morgan fingerprint density at radius 2 is 1.76 bits per heavy atom. The monoisotopic (exact) mass is 337 g/mol. The number of aromatic nitrogens is 1. The summed E-state index contributed by atoms with van der Waals surface area (Å²) in [7, 11) is 1.31. The van der Waals surface area contributed by atoms with Crippen molar-refractivity contribution in [1.29, 1.82) is 0 Å². The summed E-state index contributed by atoms with van der Waals surface area (Å²) in [5, 5.41) is 0.322. The number of nitrogens with zero attached hydrogens (tertiary/aromatic N) is 1. The maximum atomic E-state index is 12.2. The van der Waals surface area contributed by atoms with E-state index in [0.29, 0.717) is 22.0 Å². The van der Waals surface area contributed by atoms with Gasteiger partial charge in [-0.3, -0.25) is 0 Å². The Morgan fingerprint density at radius 1 is 1.08 bits per heavy atom. The number of methoxy groups -OCH3 is 1. The third-order valence-electron chi connectivity index (χ3n) is 4.05. The zero-order chi connectivity index (χ0) is 18.2. The Bertz CT molecular complexity index is 995. The van der Waals surface area contributed by atoms with Gasteiger partial charge in [-0.1, -0.05) is 32.9 Å². The number of carbonyl (C=O) groups is 1. The molecule has 25 heavy (non-hydrogen) atoms. The van der Waals surface area contributed by atoms with Crippen molar-refractivity contribution in [3.8, 4) is 11.5 Å². The summed E-state index contributed by atoms with van der Waals surface area (Å²) in [5.41, 5.74) is 2.15. The third-order valence-corrected chi connectivity index (χ3v) is 4.05. The summed E-state index contributed by atoms with van der Waals surface area (Å²) in [6.45, 7) is 6.39. The summed E-state index contributed by atoms with van der Waals surface area (Å²) >= 11 is 0. The van der Waals surface area contributed by atoms with Crippen LogP contribution in [0.15, 0.2) is 51.7 Å². The van der Waals surface area contributed by atoms with E-state index in [4.69, 9.17) is 9.15 Å². The predicted molar refractivity (Wildman–Crippen MR) is 95.8 cm³/mol. The fourth-order valence-electron chi connectivity index (χ4n) is 2.55. The number of hydrogen-bond donors (Lipinski definition) is 0. The molecule has 5 heteroatoms. The van der Waals surface area contributed by atoms with Gasteiger partial charge in [0.2, 0.25) is 5.89 Å². The zero-order valence-corrected chi connectivity index (χ0v) is 14.6. The lowest BCUT2D eigenvalue weighted by molar-refractivity contribution is 0.0601. The lowest BCUT2D eigenvalue weighted by atomic mass is 9.87. The SMILES string of the molecule is COC(=O)c1ccc2c(=O)oc(-c3ccc(C(C)(C)C)cc3)nc2c1. The van der Waals surface area contributed by atoms with E-state index in [2.05, 4.69) is 25.8 Å². The highest BCUT2D eigenvalue weighted by Crippen LogP contribution is 2.25. The number of benzene rings is 2. The van der Waals surface area contributed by atoms with E-state index in [0.717, 1.165) is 0 Å². The van der Waals surface area contributed by atoms with Crippen LogP contribution in [0.3, 0.4) is 0 Å². The Hall–Kier alpha value is -2.95. The van der Waals surface area contributed by atoms with E-state index in [1.807, 2.05) is 24.3 Å². The molecule has 0 unspecified atom stereocenters. The molecule has 3 aromatic rings. The van der Waals surface area contributed by atoms with Gasteiger partial charge >= 0.3 is 11.6 Å². The second-order valence-electron chi connectivity index (χ2n) is 6.86. The highest BCUT2D eigenvalue weighted by atomic mass is 16.5. The van der Waals surface area contributed by atoms with E-state index < -0.39 is 11.6 Å². The number of fused-ring (bicyclic) bond motifs is 1. The summed E-state index contributed by atoms with van der Waals surface area (Å²) in [6, 6.07) is 12.3. The summed E-state index contributed by atoms with van der Waals surface area (Å²) in [4.78, 5) is 28.3. The molecule has 1 aromatic heterocycles. The van der Waals surface area contributed by atoms with Crippen LogP contribution in [0, 0.1) is 0 Å². The topological polar surface area (TPSA) is 69.4 Å². The Balaban J connectivity index is 2.10. The minimum atomic E-state index is -0.490. The zero-order valence-electron chi connectivity index (χ0n) is 14.6. The van der Waals surface area contributed by atoms with E-state index >= 15 is 0 Å². The standard InChI is InChI=1S/C20H19NO4/c1-20(2,3)14-8-5-12(6-9-14)17-21-16-11-13(18(22)24-4)7-10-15(16)19(23)25-17/h5-11H,1-4H3. The number of ether oxygens (including phenoxy) is 1. The predicted octanol–water partition coefficient (Wildman–Crippen LogP) is 3.94. The van der Waals surface area contributed by atoms with Crippen molar-refractivity contribution < 1.29 is 13.9 Å². The maximum absolute atomic E-state index is 12.2. The van der Waals surface area contributed by atoms with Crippen molar-refractivity contribution in [3.05, 3.63) is 64.0 Å². The first kappa shape index (κ1) is 16.9. The fraction of sp³-hybridized carbons (Fsp3) is 0.250. The first-order chi connectivity index (χ1) is 11.8. The van der Waals surface area contributed by atoms with Gasteiger partial charge in [-0.25, -0.2) is 14.6 Å². The van der Waals surface area contributed by atoms with Crippen molar-refractivity contribution in [2.24, 2.45) is 0 Å². The van der Waals surface area contributed by atoms with Crippen LogP contribution in [0.1, 0.15) is 36.7 Å². The molecule has 0 aliphatic carbocycles. The van der Waals surface area contributed by atoms with Gasteiger partial charge < -0.3 is 9.15 Å². The van der Waals surface area contributed by atoms with Crippen LogP contribution in [0.2, 0.25) is 0 Å². The number of carbonyl (C=O) groups excluding carboxylic acids is 1. The van der Waals surface area contributed by atoms with Crippen LogP contribution < -0.4 is 5.63 Å². The molecule has 2 aromatic carbocycles. The molecule has 0 spiro atoms. The maximum Gasteiger partial charge on any atom is 0.347 e. The fourth-order valence-corrected chi connectivity index (χ4v) is 2.55. The molecule has 0 radical (unpaired) electrons. The molecule has 0 atom stereocenters. The Labute approximate surface area is 145 Å². The first-order valence-corrected chi connectivity index (χ1v) is 7.94. The molecule has 0 saturated carbocycles. The van der Waals surface area contributed by atoms with Crippen LogP contribution in [-0.2, 0) is 10.2 Å². The van der Waals surface area contributed by atoms with Gasteiger partial charge in [-0.15, -0.1) is 0 Å². The summed E-state index contributed by atoms with van der Waals surface area (Å²) in [6.07, 6.45) is 0. The molecule has 0 saturated heterocycles. The second kappa shape index (κ2) is 6.16. The van der Waals surface area contributed by atoms with Crippen molar-refractivity contribution in [1.82, 2.24) is 4.98 Å². The van der Waals surface area contributed by atoms with Gasteiger partial charge in [0.15, 0.2) is 0 Å². The summed E-state index contributed by atoms with van der Waals surface area (Å²) < 4.78 is 10.1. The van der Waals surface area contributed by atoms with Crippen LogP contribution in [0.4, 0.5) is 0 Å². The molecule has 0 fully saturated rings. The molecular formula is C20H19NO4. The van der Waals surface area contributed by atoms with E-state index in [1.165, 1.54) is 30.9 Å². The average Bonchev–Trinajstić information content (AvgIpc) is 2.59. The molecule has 0 aliphatic heterocycles. The lowest BCUT2D eigenvalue weighted by Crippen LogP contribution is -2.10. The minimum absolute atomic E-state index is 0.0333. The largest absolute Gasteiger partial charge is 0.465 e. The highest BCUT2D eigenvalue weighted by molar-refractivity contribution is 5.94. The van der Waals surface area contributed by atoms with Crippen LogP contribution in [-0.4, -0.2) is 18.1 Å². The number of rotatable bonds is 2. The normalized spacial score (nSPS) is 11.5. The van der Waals surface area contributed by atoms with Gasteiger partial charge in [-0.2, -0.15) is 0 Å². The third kappa shape index (κ3) is 3.31. The van der Waals surface area contributed by atoms with Gasteiger partial charge in [0.1, 0.15) is 0 Å². The number of esters is 1. The molecule has 0 amide bonds. The van der Waals surface area contributed by atoms with Crippen molar-refractivity contribution in [3.63, 3.8) is 0 Å². The Morgan fingerprint density at radius 3 is 2.36 bits per heavy atom. The molecule has 0 bridgehead atoms. The van der Waals surface area contributed by atoms with E-state index in [9.17, 15) is 9.59 Å². The first-order valence-electron chi connectivity index (χ1n) is 7.94. The van der Waals surface area contributed by atoms with Gasteiger partial charge in [0.25, 0.3) is 0 Å². The van der Waals surface area contributed by atoms with Gasteiger partial charge in [0.05, 0.1) is 23.6 Å². The Kier molecular flexibility index (Phi) is 4.17. The minimum Gasteiger partial charge on any atom is -0.465 e. The molecule has 3 rings (SSSR count). The summed E-state index contributed by atoms with van der Waals surface area (Å²) in [5.74, 6) is -0.256.